The normalized spacial score (nSPS) is 10.7. The van der Waals surface area contributed by atoms with Crippen LogP contribution in [0.1, 0.15) is 22.6 Å². The van der Waals surface area contributed by atoms with Gasteiger partial charge in [-0.1, -0.05) is 62.2 Å². The molecular weight excluding hydrogens is 496 g/mol. The largest absolute Gasteiger partial charge is 0.325 e. The predicted molar refractivity (Wildman–Crippen MR) is 124 cm³/mol. The van der Waals surface area contributed by atoms with E-state index in [2.05, 4.69) is 42.5 Å². The third-order valence-corrected chi connectivity index (χ3v) is 5.54. The maximum Gasteiger partial charge on any atom is 0.241 e. The van der Waals surface area contributed by atoms with E-state index in [1.54, 1.807) is 12.1 Å². The Morgan fingerprint density at radius 3 is 1.59 bits per heavy atom. The number of halogens is 2. The zero-order chi connectivity index (χ0) is 21.0. The van der Waals surface area contributed by atoms with Gasteiger partial charge in [0.1, 0.15) is 5.92 Å². The number of benzene rings is 3. The third-order valence-electron chi connectivity index (χ3n) is 4.55. The molecule has 4 nitrogen and oxygen atoms in total. The average molecular weight is 516 g/mol. The predicted octanol–water partition coefficient (Wildman–Crippen LogP) is 6.19. The Hall–Kier alpha value is -2.44. The second-order valence-electron chi connectivity index (χ2n) is 6.74. The minimum atomic E-state index is -0.984. The average Bonchev–Trinajstić information content (AvgIpc) is 2.67. The Bertz CT molecular complexity index is 986. The van der Waals surface area contributed by atoms with E-state index >= 15 is 0 Å². The molecule has 3 aromatic carbocycles. The number of carbonyl (C=O) groups excluding carboxylic acids is 2. The van der Waals surface area contributed by atoms with Crippen LogP contribution in [0.25, 0.3) is 0 Å². The van der Waals surface area contributed by atoms with Crippen molar-refractivity contribution in [3.63, 3.8) is 0 Å². The molecule has 3 aromatic rings. The van der Waals surface area contributed by atoms with E-state index in [-0.39, 0.29) is 11.8 Å². The van der Waals surface area contributed by atoms with Crippen LogP contribution in [0.5, 0.6) is 0 Å². The highest BCUT2D eigenvalue weighted by atomic mass is 79.9. The molecule has 0 saturated carbocycles. The molecule has 0 aliphatic rings. The number of carbonyl (C=O) groups is 2. The molecule has 2 N–H and O–H groups in total. The summed E-state index contributed by atoms with van der Waals surface area (Å²) in [5.74, 6) is -1.75. The minimum absolute atomic E-state index is 0.381. The molecule has 148 valence electrons. The van der Waals surface area contributed by atoms with E-state index in [9.17, 15) is 9.59 Å². The van der Waals surface area contributed by atoms with Crippen LogP contribution in [0.3, 0.4) is 0 Å². The van der Waals surface area contributed by atoms with Crippen molar-refractivity contribution in [1.29, 1.82) is 0 Å². The van der Waals surface area contributed by atoms with E-state index in [0.29, 0.717) is 16.9 Å². The van der Waals surface area contributed by atoms with Crippen LogP contribution in [0.2, 0.25) is 0 Å². The van der Waals surface area contributed by atoms with Gasteiger partial charge in [0.25, 0.3) is 0 Å². The summed E-state index contributed by atoms with van der Waals surface area (Å²) in [6.07, 6.45) is 0. The van der Waals surface area contributed by atoms with Gasteiger partial charge in [-0.05, 0) is 66.9 Å². The minimum Gasteiger partial charge on any atom is -0.325 e. The quantitative estimate of drug-likeness (QED) is 0.398. The first-order valence-corrected chi connectivity index (χ1v) is 10.6. The summed E-state index contributed by atoms with van der Waals surface area (Å²) in [6, 6.07) is 20.2. The van der Waals surface area contributed by atoms with Gasteiger partial charge in [-0.3, -0.25) is 9.59 Å². The number of rotatable bonds is 5. The Balaban J connectivity index is 1.90. The molecule has 29 heavy (non-hydrogen) atoms. The lowest BCUT2D eigenvalue weighted by molar-refractivity contribution is -0.125. The molecule has 3 rings (SSSR count). The smallest absolute Gasteiger partial charge is 0.241 e. The van der Waals surface area contributed by atoms with E-state index in [1.807, 2.05) is 68.4 Å². The number of nitrogens with one attached hydrogen (secondary N) is 2. The van der Waals surface area contributed by atoms with Crippen molar-refractivity contribution >= 4 is 55.0 Å². The van der Waals surface area contributed by atoms with Gasteiger partial charge in [-0.2, -0.15) is 0 Å². The number of aryl methyl sites for hydroxylation is 2. The first kappa shape index (κ1) is 21.3. The van der Waals surface area contributed by atoms with Crippen molar-refractivity contribution in [2.24, 2.45) is 0 Å². The molecule has 0 aliphatic carbocycles. The molecule has 2 amide bonds. The van der Waals surface area contributed by atoms with Crippen molar-refractivity contribution < 1.29 is 9.59 Å². The maximum absolute atomic E-state index is 13.1. The summed E-state index contributed by atoms with van der Waals surface area (Å²) < 4.78 is 1.85. The first-order chi connectivity index (χ1) is 13.8. The molecule has 0 fully saturated rings. The molecule has 0 heterocycles. The van der Waals surface area contributed by atoms with Crippen LogP contribution >= 0.6 is 31.9 Å². The molecular formula is C23H20Br2N2O2. The maximum atomic E-state index is 13.1. The molecule has 0 saturated heterocycles. The highest BCUT2D eigenvalue weighted by Gasteiger charge is 2.29. The molecule has 0 aliphatic heterocycles. The Kier molecular flexibility index (Phi) is 6.87. The highest BCUT2D eigenvalue weighted by molar-refractivity contribution is 9.10. The Labute approximate surface area is 187 Å². The van der Waals surface area contributed by atoms with Gasteiger partial charge in [0.05, 0.1) is 0 Å². The SMILES string of the molecule is Cc1cc(Br)ccc1NC(=O)C(C(=O)Nc1ccc(Br)cc1C)c1ccccc1. The van der Waals surface area contributed by atoms with Gasteiger partial charge in [0, 0.05) is 20.3 Å². The van der Waals surface area contributed by atoms with Crippen LogP contribution in [0, 0.1) is 13.8 Å². The Morgan fingerprint density at radius 2 is 1.17 bits per heavy atom. The van der Waals surface area contributed by atoms with E-state index in [1.165, 1.54) is 0 Å². The van der Waals surface area contributed by atoms with Crippen molar-refractivity contribution in [3.05, 3.63) is 92.4 Å². The zero-order valence-electron chi connectivity index (χ0n) is 16.0. The highest BCUT2D eigenvalue weighted by Crippen LogP contribution is 2.26. The summed E-state index contributed by atoms with van der Waals surface area (Å²) in [5.41, 5.74) is 3.79. The van der Waals surface area contributed by atoms with Gasteiger partial charge >= 0.3 is 0 Å². The van der Waals surface area contributed by atoms with Crippen molar-refractivity contribution in [1.82, 2.24) is 0 Å². The standard InChI is InChI=1S/C23H20Br2N2O2/c1-14-12-17(24)8-10-19(14)26-22(28)21(16-6-4-3-5-7-16)23(29)27-20-11-9-18(25)13-15(20)2/h3-13,21H,1-2H3,(H,26,28)(H,27,29). The van der Waals surface area contributed by atoms with Crippen LogP contribution in [-0.4, -0.2) is 11.8 Å². The van der Waals surface area contributed by atoms with Gasteiger partial charge in [0.2, 0.25) is 11.8 Å². The number of hydrogen-bond donors (Lipinski definition) is 2. The number of hydrogen-bond acceptors (Lipinski definition) is 2. The zero-order valence-corrected chi connectivity index (χ0v) is 19.2. The lowest BCUT2D eigenvalue weighted by Crippen LogP contribution is -2.32. The Morgan fingerprint density at radius 1 is 0.724 bits per heavy atom. The van der Waals surface area contributed by atoms with Gasteiger partial charge in [-0.25, -0.2) is 0 Å². The fraction of sp³-hybridized carbons (Fsp3) is 0.130. The topological polar surface area (TPSA) is 58.2 Å². The monoisotopic (exact) mass is 514 g/mol. The van der Waals surface area contributed by atoms with Crippen LogP contribution in [-0.2, 0) is 9.59 Å². The first-order valence-electron chi connectivity index (χ1n) is 9.04. The summed E-state index contributed by atoms with van der Waals surface area (Å²) >= 11 is 6.84. The lowest BCUT2D eigenvalue weighted by Gasteiger charge is -2.19. The van der Waals surface area contributed by atoms with E-state index < -0.39 is 5.92 Å². The van der Waals surface area contributed by atoms with E-state index in [4.69, 9.17) is 0 Å². The molecule has 0 spiro atoms. The molecule has 0 radical (unpaired) electrons. The summed E-state index contributed by atoms with van der Waals surface area (Å²) in [7, 11) is 0. The van der Waals surface area contributed by atoms with Crippen molar-refractivity contribution in [3.8, 4) is 0 Å². The van der Waals surface area contributed by atoms with E-state index in [0.717, 1.165) is 20.1 Å². The number of anilines is 2. The van der Waals surface area contributed by atoms with Gasteiger partial charge in [0.15, 0.2) is 0 Å². The number of amides is 2. The molecule has 6 heteroatoms. The molecule has 0 unspecified atom stereocenters. The lowest BCUT2D eigenvalue weighted by atomic mass is 9.96. The van der Waals surface area contributed by atoms with Gasteiger partial charge < -0.3 is 10.6 Å². The molecule has 0 aromatic heterocycles. The van der Waals surface area contributed by atoms with Crippen molar-refractivity contribution in [2.45, 2.75) is 19.8 Å². The molecule has 0 atom stereocenters. The molecule has 0 bridgehead atoms. The van der Waals surface area contributed by atoms with Crippen LogP contribution < -0.4 is 10.6 Å². The summed E-state index contributed by atoms with van der Waals surface area (Å²) in [6.45, 7) is 3.81. The van der Waals surface area contributed by atoms with Crippen molar-refractivity contribution in [2.75, 3.05) is 10.6 Å². The fourth-order valence-corrected chi connectivity index (χ4v) is 3.96. The summed E-state index contributed by atoms with van der Waals surface area (Å²) in [4.78, 5) is 26.3. The summed E-state index contributed by atoms with van der Waals surface area (Å²) in [5, 5.41) is 5.80. The third kappa shape index (κ3) is 5.34. The second kappa shape index (κ2) is 9.37. The van der Waals surface area contributed by atoms with Crippen LogP contribution in [0.4, 0.5) is 11.4 Å². The fourth-order valence-electron chi connectivity index (χ4n) is 3.01. The van der Waals surface area contributed by atoms with Crippen LogP contribution in [0.15, 0.2) is 75.7 Å². The second-order valence-corrected chi connectivity index (χ2v) is 8.57. The van der Waals surface area contributed by atoms with Gasteiger partial charge in [-0.15, -0.1) is 0 Å².